The minimum atomic E-state index is -0.835. The van der Waals surface area contributed by atoms with E-state index in [1.807, 2.05) is 54.2 Å². The monoisotopic (exact) mass is 382 g/mol. The number of carboxylic acid groups (broad SMARTS) is 1. The molecule has 3 aromatic rings. The maximum Gasteiger partial charge on any atom is 0.307 e. The Hall–Kier alpha value is -3.20. The van der Waals surface area contributed by atoms with Crippen LogP contribution >= 0.6 is 11.9 Å². The number of fused-ring (bicyclic) bond motifs is 1. The molecule has 0 saturated carbocycles. The number of nitrogens with zero attached hydrogens (tertiary/aromatic N) is 4. The highest BCUT2D eigenvalue weighted by molar-refractivity contribution is 7.97. The van der Waals surface area contributed by atoms with Crippen LogP contribution in [0.3, 0.4) is 0 Å². The van der Waals surface area contributed by atoms with Crippen LogP contribution in [0.25, 0.3) is 5.82 Å². The van der Waals surface area contributed by atoms with Crippen molar-refractivity contribution in [3.63, 3.8) is 0 Å². The average molecular weight is 382 g/mol. The number of hydrogen-bond donors (Lipinski definition) is 3. The Bertz CT molecular complexity index is 1010. The number of imidazole rings is 1. The molecule has 1 aliphatic rings. The summed E-state index contributed by atoms with van der Waals surface area (Å²) in [6, 6.07) is 9.50. The molecule has 1 aliphatic heterocycles. The quantitative estimate of drug-likeness (QED) is 0.564. The molecular weight excluding hydrogens is 364 g/mol. The van der Waals surface area contributed by atoms with Gasteiger partial charge in [0.1, 0.15) is 11.6 Å². The Balaban J connectivity index is 1.56. The third-order valence-electron chi connectivity index (χ3n) is 3.98. The molecular formula is C18H18N6O2S. The molecule has 3 heterocycles. The number of rotatable bonds is 6. The van der Waals surface area contributed by atoms with E-state index < -0.39 is 5.97 Å². The van der Waals surface area contributed by atoms with Crippen molar-refractivity contribution in [2.45, 2.75) is 24.8 Å². The molecule has 8 nitrogen and oxygen atoms in total. The van der Waals surface area contributed by atoms with E-state index in [1.165, 1.54) is 11.9 Å². The van der Waals surface area contributed by atoms with Gasteiger partial charge in [-0.05, 0) is 36.6 Å². The molecule has 1 aromatic carbocycles. The van der Waals surface area contributed by atoms with Gasteiger partial charge in [0, 0.05) is 29.0 Å². The Morgan fingerprint density at radius 3 is 3.07 bits per heavy atom. The number of H-pyrrole nitrogens is 1. The van der Waals surface area contributed by atoms with Crippen molar-refractivity contribution < 1.29 is 9.90 Å². The van der Waals surface area contributed by atoms with Gasteiger partial charge in [-0.15, -0.1) is 0 Å². The highest BCUT2D eigenvalue weighted by Gasteiger charge is 2.19. The predicted octanol–water partition coefficient (Wildman–Crippen LogP) is 2.93. The minimum Gasteiger partial charge on any atom is -0.481 e. The molecule has 0 radical (unpaired) electrons. The number of anilines is 1. The van der Waals surface area contributed by atoms with Crippen molar-refractivity contribution >= 4 is 29.6 Å². The van der Waals surface area contributed by atoms with Crippen LogP contribution in [0.2, 0.25) is 0 Å². The van der Waals surface area contributed by atoms with Crippen LogP contribution in [0.15, 0.2) is 53.8 Å². The second-order valence-corrected chi connectivity index (χ2v) is 7.30. The van der Waals surface area contributed by atoms with Gasteiger partial charge in [0.25, 0.3) is 0 Å². The van der Waals surface area contributed by atoms with Crippen LogP contribution in [0.4, 0.5) is 5.82 Å². The smallest absolute Gasteiger partial charge is 0.307 e. The summed E-state index contributed by atoms with van der Waals surface area (Å²) in [6.07, 6.45) is 5.68. The number of benzene rings is 1. The van der Waals surface area contributed by atoms with E-state index >= 15 is 0 Å². The lowest BCUT2D eigenvalue weighted by molar-refractivity contribution is -0.136. The van der Waals surface area contributed by atoms with Crippen molar-refractivity contribution in [2.24, 2.45) is 0 Å². The Kier molecular flexibility index (Phi) is 4.59. The van der Waals surface area contributed by atoms with Crippen molar-refractivity contribution in [3.05, 3.63) is 66.0 Å². The van der Waals surface area contributed by atoms with Gasteiger partial charge in [0.15, 0.2) is 5.82 Å². The number of aromatic amines is 1. The Labute approximate surface area is 160 Å². The van der Waals surface area contributed by atoms with Gasteiger partial charge < -0.3 is 14.7 Å². The van der Waals surface area contributed by atoms with Crippen LogP contribution < -0.4 is 5.32 Å². The highest BCUT2D eigenvalue weighted by Crippen LogP contribution is 2.30. The zero-order valence-corrected chi connectivity index (χ0v) is 15.4. The summed E-state index contributed by atoms with van der Waals surface area (Å²) in [6.45, 7) is 2.58. The second-order valence-electron chi connectivity index (χ2n) is 6.17. The molecule has 0 unspecified atom stereocenters. The summed E-state index contributed by atoms with van der Waals surface area (Å²) in [5, 5.41) is 19.4. The lowest BCUT2D eigenvalue weighted by Gasteiger charge is -2.26. The van der Waals surface area contributed by atoms with Gasteiger partial charge in [0.05, 0.1) is 19.2 Å². The topological polar surface area (TPSA) is 99.1 Å². The first-order valence-electron chi connectivity index (χ1n) is 8.35. The molecule has 0 aliphatic carbocycles. The highest BCUT2D eigenvalue weighted by atomic mass is 32.2. The summed E-state index contributed by atoms with van der Waals surface area (Å²) in [5.41, 5.74) is 1.75. The van der Waals surface area contributed by atoms with Crippen LogP contribution in [0.1, 0.15) is 17.1 Å². The van der Waals surface area contributed by atoms with Gasteiger partial charge in [0.2, 0.25) is 0 Å². The van der Waals surface area contributed by atoms with E-state index in [0.717, 1.165) is 33.6 Å². The number of aryl methyl sites for hydroxylation is 1. The number of aromatic nitrogens is 4. The number of carboxylic acids is 1. The van der Waals surface area contributed by atoms with E-state index in [1.54, 1.807) is 6.20 Å². The molecule has 0 saturated heterocycles. The first kappa shape index (κ1) is 17.2. The molecule has 2 aromatic heterocycles. The normalized spacial score (nSPS) is 13.2. The zero-order chi connectivity index (χ0) is 18.8. The van der Waals surface area contributed by atoms with E-state index in [2.05, 4.69) is 24.8 Å². The molecule has 0 spiro atoms. The van der Waals surface area contributed by atoms with Crippen molar-refractivity contribution in [1.29, 1.82) is 0 Å². The lowest BCUT2D eigenvalue weighted by Crippen LogP contribution is -2.23. The minimum absolute atomic E-state index is 0.0139. The average Bonchev–Trinajstić information content (AvgIpc) is 3.23. The number of aliphatic carboxylic acids is 1. The van der Waals surface area contributed by atoms with Gasteiger partial charge in [-0.2, -0.15) is 5.10 Å². The molecule has 3 N–H and O–H groups in total. The largest absolute Gasteiger partial charge is 0.481 e. The predicted molar refractivity (Wildman–Crippen MR) is 103 cm³/mol. The SMILES string of the molecule is Cc1cc(NC2=CN(Sc3cccc(CC(=O)O)c3)Cc3nccn32)n[nH]1. The summed E-state index contributed by atoms with van der Waals surface area (Å²) in [5.74, 6) is 1.64. The van der Waals surface area contributed by atoms with Gasteiger partial charge in [-0.3, -0.25) is 14.5 Å². The second kappa shape index (κ2) is 7.20. The molecule has 0 atom stereocenters. The Morgan fingerprint density at radius 1 is 1.41 bits per heavy atom. The fourth-order valence-electron chi connectivity index (χ4n) is 2.84. The van der Waals surface area contributed by atoms with Gasteiger partial charge >= 0.3 is 5.97 Å². The van der Waals surface area contributed by atoms with Crippen LogP contribution in [-0.4, -0.2) is 35.1 Å². The zero-order valence-electron chi connectivity index (χ0n) is 14.6. The molecule has 27 heavy (non-hydrogen) atoms. The van der Waals surface area contributed by atoms with Gasteiger partial charge in [-0.1, -0.05) is 12.1 Å². The summed E-state index contributed by atoms with van der Waals surface area (Å²) >= 11 is 1.53. The van der Waals surface area contributed by atoms with Gasteiger partial charge in [-0.25, -0.2) is 4.98 Å². The molecule has 0 bridgehead atoms. The molecule has 0 fully saturated rings. The standard InChI is InChI=1S/C18H18N6O2S/c1-12-7-15(22-21-12)20-17-11-23(10-16-19-5-6-24(16)17)27-14-4-2-3-13(8-14)9-18(25)26/h2-8,11H,9-10H2,1H3,(H,25,26)(H2,20,21,22). The third kappa shape index (κ3) is 3.98. The van der Waals surface area contributed by atoms with E-state index in [9.17, 15) is 4.79 Å². The van der Waals surface area contributed by atoms with E-state index in [-0.39, 0.29) is 6.42 Å². The maximum atomic E-state index is 10.9. The number of carbonyl (C=O) groups is 1. The van der Waals surface area contributed by atoms with Crippen LogP contribution in [0.5, 0.6) is 0 Å². The van der Waals surface area contributed by atoms with E-state index in [4.69, 9.17) is 5.11 Å². The maximum absolute atomic E-state index is 10.9. The fourth-order valence-corrected chi connectivity index (χ4v) is 3.79. The lowest BCUT2D eigenvalue weighted by atomic mass is 10.2. The summed E-state index contributed by atoms with van der Waals surface area (Å²) < 4.78 is 4.05. The first-order chi connectivity index (χ1) is 13.1. The molecule has 138 valence electrons. The van der Waals surface area contributed by atoms with E-state index in [0.29, 0.717) is 6.54 Å². The summed E-state index contributed by atoms with van der Waals surface area (Å²) in [7, 11) is 0. The molecule has 9 heteroatoms. The third-order valence-corrected chi connectivity index (χ3v) is 4.91. The Morgan fingerprint density at radius 2 is 2.30 bits per heavy atom. The van der Waals surface area contributed by atoms with Crippen molar-refractivity contribution in [1.82, 2.24) is 24.1 Å². The summed E-state index contributed by atoms with van der Waals surface area (Å²) in [4.78, 5) is 16.3. The number of hydrogen-bond acceptors (Lipinski definition) is 6. The fraction of sp³-hybridized carbons (Fsp3) is 0.167. The molecule has 0 amide bonds. The molecule has 4 rings (SSSR count). The van der Waals surface area contributed by atoms with Crippen molar-refractivity contribution in [2.75, 3.05) is 5.32 Å². The first-order valence-corrected chi connectivity index (χ1v) is 9.13. The van der Waals surface area contributed by atoms with Crippen molar-refractivity contribution in [3.8, 4) is 0 Å². The van der Waals surface area contributed by atoms with Crippen LogP contribution in [0, 0.1) is 6.92 Å². The van der Waals surface area contributed by atoms with Crippen LogP contribution in [-0.2, 0) is 17.8 Å². The number of nitrogens with one attached hydrogen (secondary N) is 2.